The summed E-state index contributed by atoms with van der Waals surface area (Å²) in [5, 5.41) is 2.96. The molecule has 26 heavy (non-hydrogen) atoms. The fraction of sp³-hybridized carbons (Fsp3) is 0.632. The van der Waals surface area contributed by atoms with Crippen LogP contribution in [0.2, 0.25) is 0 Å². The van der Waals surface area contributed by atoms with E-state index in [1.807, 2.05) is 30.3 Å². The summed E-state index contributed by atoms with van der Waals surface area (Å²) in [4.78, 5) is 12.3. The molecule has 2 aliphatic rings. The molecule has 0 aromatic heterocycles. The summed E-state index contributed by atoms with van der Waals surface area (Å²) in [6.45, 7) is 2.19. The van der Waals surface area contributed by atoms with E-state index in [-0.39, 0.29) is 23.7 Å². The summed E-state index contributed by atoms with van der Waals surface area (Å²) in [6, 6.07) is 9.65. The van der Waals surface area contributed by atoms with E-state index in [2.05, 4.69) is 5.32 Å². The number of piperidine rings is 1. The summed E-state index contributed by atoms with van der Waals surface area (Å²) in [5.74, 6) is 0.0474. The van der Waals surface area contributed by atoms with Crippen molar-refractivity contribution in [1.29, 1.82) is 0 Å². The van der Waals surface area contributed by atoms with E-state index in [1.165, 1.54) is 0 Å². The fourth-order valence-corrected chi connectivity index (χ4v) is 5.10. The van der Waals surface area contributed by atoms with Crippen molar-refractivity contribution in [1.82, 2.24) is 9.62 Å². The van der Waals surface area contributed by atoms with Gasteiger partial charge in [-0.25, -0.2) is 12.7 Å². The molecule has 1 N–H and O–H groups in total. The molecule has 2 aliphatic heterocycles. The molecule has 3 rings (SSSR count). The first kappa shape index (κ1) is 19.3. The van der Waals surface area contributed by atoms with Crippen LogP contribution in [-0.2, 0) is 26.0 Å². The van der Waals surface area contributed by atoms with Crippen molar-refractivity contribution in [2.24, 2.45) is 5.92 Å². The molecule has 0 radical (unpaired) electrons. The minimum absolute atomic E-state index is 0.0295. The molecule has 1 amide bonds. The van der Waals surface area contributed by atoms with Gasteiger partial charge in [0, 0.05) is 32.2 Å². The molecule has 2 heterocycles. The predicted molar refractivity (Wildman–Crippen MR) is 100 cm³/mol. The third kappa shape index (κ3) is 5.28. The first-order chi connectivity index (χ1) is 12.5. The van der Waals surface area contributed by atoms with Crippen LogP contribution in [0.15, 0.2) is 30.3 Å². The third-order valence-electron chi connectivity index (χ3n) is 5.24. The Balaban J connectivity index is 1.42. The van der Waals surface area contributed by atoms with Crippen molar-refractivity contribution in [3.8, 4) is 0 Å². The van der Waals surface area contributed by atoms with E-state index in [9.17, 15) is 13.2 Å². The van der Waals surface area contributed by atoms with Gasteiger partial charge in [0.1, 0.15) is 0 Å². The number of ether oxygens (including phenoxy) is 1. The highest BCUT2D eigenvalue weighted by Crippen LogP contribution is 2.21. The van der Waals surface area contributed by atoms with Crippen LogP contribution >= 0.6 is 0 Å². The Morgan fingerprint density at radius 3 is 2.54 bits per heavy atom. The minimum Gasteiger partial charge on any atom is -0.376 e. The summed E-state index contributed by atoms with van der Waals surface area (Å²) >= 11 is 0. The topological polar surface area (TPSA) is 75.7 Å². The lowest BCUT2D eigenvalue weighted by Crippen LogP contribution is -2.45. The number of carbonyl (C=O) groups is 1. The van der Waals surface area contributed by atoms with Crippen LogP contribution < -0.4 is 5.32 Å². The zero-order valence-electron chi connectivity index (χ0n) is 15.1. The summed E-state index contributed by atoms with van der Waals surface area (Å²) < 4.78 is 32.1. The van der Waals surface area contributed by atoms with E-state index in [0.717, 1.165) is 25.0 Å². The van der Waals surface area contributed by atoms with E-state index >= 15 is 0 Å². The Kier molecular flexibility index (Phi) is 6.67. The molecular weight excluding hydrogens is 352 g/mol. The van der Waals surface area contributed by atoms with Crippen LogP contribution in [-0.4, -0.2) is 56.7 Å². The van der Waals surface area contributed by atoms with Gasteiger partial charge in [-0.3, -0.25) is 4.79 Å². The number of carbonyl (C=O) groups excluding carboxylic acids is 1. The Labute approximate surface area is 156 Å². The Morgan fingerprint density at radius 2 is 1.88 bits per heavy atom. The Morgan fingerprint density at radius 1 is 1.15 bits per heavy atom. The van der Waals surface area contributed by atoms with Crippen LogP contribution in [0.3, 0.4) is 0 Å². The van der Waals surface area contributed by atoms with E-state index in [1.54, 1.807) is 4.31 Å². The summed E-state index contributed by atoms with van der Waals surface area (Å²) in [6.07, 6.45) is 3.88. The predicted octanol–water partition coefficient (Wildman–Crippen LogP) is 1.57. The van der Waals surface area contributed by atoms with Crippen LogP contribution in [0.5, 0.6) is 0 Å². The highest BCUT2D eigenvalue weighted by Gasteiger charge is 2.31. The molecule has 7 heteroatoms. The first-order valence-corrected chi connectivity index (χ1v) is 11.1. The molecule has 0 spiro atoms. The highest BCUT2D eigenvalue weighted by atomic mass is 32.2. The fourth-order valence-electron chi connectivity index (χ4n) is 3.58. The van der Waals surface area contributed by atoms with Crippen molar-refractivity contribution >= 4 is 15.9 Å². The van der Waals surface area contributed by atoms with Gasteiger partial charge >= 0.3 is 0 Å². The smallest absolute Gasteiger partial charge is 0.223 e. The molecule has 1 unspecified atom stereocenters. The number of nitrogens with one attached hydrogen (secondary N) is 1. The quantitative estimate of drug-likeness (QED) is 0.779. The van der Waals surface area contributed by atoms with Gasteiger partial charge in [-0.15, -0.1) is 0 Å². The lowest BCUT2D eigenvalue weighted by Gasteiger charge is -2.30. The summed E-state index contributed by atoms with van der Waals surface area (Å²) in [5.41, 5.74) is 1.03. The monoisotopic (exact) mass is 380 g/mol. The van der Waals surface area contributed by atoms with Gasteiger partial charge in [0.15, 0.2) is 0 Å². The molecule has 144 valence electrons. The molecule has 1 aromatic carbocycles. The maximum atomic E-state index is 12.5. The highest BCUT2D eigenvalue weighted by molar-refractivity contribution is 7.89. The van der Waals surface area contributed by atoms with E-state index in [0.29, 0.717) is 38.9 Å². The Hall–Kier alpha value is -1.44. The van der Waals surface area contributed by atoms with Crippen molar-refractivity contribution < 1.29 is 17.9 Å². The van der Waals surface area contributed by atoms with Gasteiger partial charge < -0.3 is 10.1 Å². The van der Waals surface area contributed by atoms with Gasteiger partial charge in [0.05, 0.1) is 11.9 Å². The average molecular weight is 381 g/mol. The van der Waals surface area contributed by atoms with Crippen LogP contribution in [0.25, 0.3) is 0 Å². The van der Waals surface area contributed by atoms with Gasteiger partial charge in [0.25, 0.3) is 0 Å². The van der Waals surface area contributed by atoms with E-state index in [4.69, 9.17) is 4.74 Å². The van der Waals surface area contributed by atoms with Crippen LogP contribution in [0.4, 0.5) is 0 Å². The van der Waals surface area contributed by atoms with Gasteiger partial charge in [-0.05, 0) is 37.7 Å². The van der Waals surface area contributed by atoms with Crippen molar-refractivity contribution in [3.63, 3.8) is 0 Å². The largest absolute Gasteiger partial charge is 0.376 e. The molecule has 2 saturated heterocycles. The normalized spacial score (nSPS) is 22.4. The number of aryl methyl sites for hydroxylation is 1. The second-order valence-corrected chi connectivity index (χ2v) is 9.19. The number of hydrogen-bond donors (Lipinski definition) is 1. The van der Waals surface area contributed by atoms with Gasteiger partial charge in [-0.1, -0.05) is 30.3 Å². The molecule has 1 atom stereocenters. The minimum atomic E-state index is -3.27. The van der Waals surface area contributed by atoms with Crippen molar-refractivity contribution in [3.05, 3.63) is 35.9 Å². The lowest BCUT2D eigenvalue weighted by atomic mass is 9.97. The molecule has 6 nitrogen and oxygen atoms in total. The summed E-state index contributed by atoms with van der Waals surface area (Å²) in [7, 11) is -3.27. The SMILES string of the molecule is O=C(NCC1CCCO1)C1CCN(S(=O)(=O)CCc2ccccc2)CC1. The van der Waals surface area contributed by atoms with Gasteiger partial charge in [-0.2, -0.15) is 0 Å². The number of sulfonamides is 1. The van der Waals surface area contributed by atoms with Crippen LogP contribution in [0.1, 0.15) is 31.2 Å². The Bertz CT molecular complexity index is 679. The number of nitrogens with zero attached hydrogens (tertiary/aromatic N) is 1. The number of rotatable bonds is 7. The molecule has 0 bridgehead atoms. The average Bonchev–Trinajstić information content (AvgIpc) is 3.19. The standard InChI is InChI=1S/C19H28N2O4S/c22-19(20-15-18-7-4-13-25-18)17-8-11-21(12-9-17)26(23,24)14-10-16-5-2-1-3-6-16/h1-3,5-6,17-18H,4,7-15H2,(H,20,22). The number of hydrogen-bond acceptors (Lipinski definition) is 4. The maximum absolute atomic E-state index is 12.5. The number of benzene rings is 1. The van der Waals surface area contributed by atoms with Crippen LogP contribution in [0, 0.1) is 5.92 Å². The zero-order chi connectivity index (χ0) is 18.4. The van der Waals surface area contributed by atoms with Crippen molar-refractivity contribution in [2.45, 2.75) is 38.2 Å². The molecule has 0 saturated carbocycles. The second-order valence-electron chi connectivity index (χ2n) is 7.11. The van der Waals surface area contributed by atoms with Gasteiger partial charge in [0.2, 0.25) is 15.9 Å². The second kappa shape index (κ2) is 8.97. The van der Waals surface area contributed by atoms with E-state index < -0.39 is 10.0 Å². The zero-order valence-corrected chi connectivity index (χ0v) is 15.9. The lowest BCUT2D eigenvalue weighted by molar-refractivity contribution is -0.126. The maximum Gasteiger partial charge on any atom is 0.223 e. The molecule has 2 fully saturated rings. The number of amides is 1. The van der Waals surface area contributed by atoms with Crippen molar-refractivity contribution in [2.75, 3.05) is 32.0 Å². The molecule has 1 aromatic rings. The molecular formula is C19H28N2O4S. The molecule has 0 aliphatic carbocycles. The first-order valence-electron chi connectivity index (χ1n) is 9.45. The third-order valence-corrected chi connectivity index (χ3v) is 7.11.